The maximum Gasteiger partial charge on any atom is 0.171 e. The van der Waals surface area contributed by atoms with E-state index < -0.39 is 0 Å². The molecule has 0 aromatic carbocycles. The number of nitrogens with zero attached hydrogens (tertiary/aromatic N) is 2. The Morgan fingerprint density at radius 1 is 1.29 bits per heavy atom. The third-order valence-corrected chi connectivity index (χ3v) is 4.67. The van der Waals surface area contributed by atoms with Crippen LogP contribution in [0.3, 0.4) is 0 Å². The predicted octanol–water partition coefficient (Wildman–Crippen LogP) is 3.51. The third-order valence-electron chi connectivity index (χ3n) is 3.53. The lowest BCUT2D eigenvalue weighted by Crippen LogP contribution is -2.58. The van der Waals surface area contributed by atoms with Crippen LogP contribution in [0.15, 0.2) is 16.7 Å². The van der Waals surface area contributed by atoms with E-state index in [1.165, 1.54) is 31.4 Å². The smallest absolute Gasteiger partial charge is 0.171 e. The standard InChI is InChI=1S/C12H18BrClN3/c1-15-17(6-4-2-3-5-7-17)10-8-11(13)12(14)16-9-10/h8-9,15H,2-7H2,1H3/q+1. The van der Waals surface area contributed by atoms with Crippen LogP contribution in [0.2, 0.25) is 5.15 Å². The molecule has 0 saturated carbocycles. The number of hydrogen-bond donors (Lipinski definition) is 1. The van der Waals surface area contributed by atoms with Gasteiger partial charge in [-0.1, -0.05) is 11.6 Å². The van der Waals surface area contributed by atoms with Crippen molar-refractivity contribution in [3.05, 3.63) is 21.9 Å². The van der Waals surface area contributed by atoms with Gasteiger partial charge in [-0.15, -0.1) is 0 Å². The lowest BCUT2D eigenvalue weighted by Gasteiger charge is -2.35. The second kappa shape index (κ2) is 5.65. The molecule has 0 amide bonds. The molecule has 2 rings (SSSR count). The molecule has 5 heteroatoms. The minimum atomic E-state index is 0.526. The normalized spacial score (nSPS) is 19.9. The molecule has 1 aliphatic heterocycles. The molecular weight excluding hydrogens is 302 g/mol. The highest BCUT2D eigenvalue weighted by molar-refractivity contribution is 9.10. The highest BCUT2D eigenvalue weighted by Crippen LogP contribution is 2.30. The maximum atomic E-state index is 5.96. The molecule has 1 N–H and O–H groups in total. The third kappa shape index (κ3) is 2.81. The van der Waals surface area contributed by atoms with Gasteiger partial charge >= 0.3 is 0 Å². The summed E-state index contributed by atoms with van der Waals surface area (Å²) in [5.41, 5.74) is 4.64. The van der Waals surface area contributed by atoms with Gasteiger partial charge in [-0.25, -0.2) is 9.58 Å². The Morgan fingerprint density at radius 3 is 2.47 bits per heavy atom. The molecule has 17 heavy (non-hydrogen) atoms. The van der Waals surface area contributed by atoms with Crippen molar-refractivity contribution in [1.29, 1.82) is 0 Å². The van der Waals surface area contributed by atoms with Gasteiger partial charge in [0, 0.05) is 13.1 Å². The highest BCUT2D eigenvalue weighted by atomic mass is 79.9. The lowest BCUT2D eigenvalue weighted by atomic mass is 10.2. The van der Waals surface area contributed by atoms with Gasteiger partial charge in [-0.2, -0.15) is 5.43 Å². The van der Waals surface area contributed by atoms with E-state index in [2.05, 4.69) is 32.4 Å². The Hall–Kier alpha value is -0.160. The van der Waals surface area contributed by atoms with E-state index in [-0.39, 0.29) is 0 Å². The van der Waals surface area contributed by atoms with Gasteiger partial charge < -0.3 is 0 Å². The van der Waals surface area contributed by atoms with Crippen molar-refractivity contribution < 1.29 is 0 Å². The van der Waals surface area contributed by atoms with Gasteiger partial charge in [0.15, 0.2) is 5.69 Å². The fourth-order valence-corrected chi connectivity index (χ4v) is 2.93. The van der Waals surface area contributed by atoms with E-state index in [0.717, 1.165) is 22.2 Å². The van der Waals surface area contributed by atoms with Gasteiger partial charge in [0.2, 0.25) is 0 Å². The SMILES string of the molecule is CN[N+]1(c2cnc(Cl)c(Br)c2)CCCCCC1. The van der Waals surface area contributed by atoms with Crippen molar-refractivity contribution in [3.63, 3.8) is 0 Å². The summed E-state index contributed by atoms with van der Waals surface area (Å²) in [7, 11) is 2.02. The number of rotatable bonds is 2. The first-order valence-electron chi connectivity index (χ1n) is 6.06. The maximum absolute atomic E-state index is 5.96. The summed E-state index contributed by atoms with van der Waals surface area (Å²) >= 11 is 9.41. The predicted molar refractivity (Wildman–Crippen MR) is 76.0 cm³/mol. The molecule has 1 aliphatic rings. The molecule has 1 aromatic heterocycles. The molecule has 0 radical (unpaired) electrons. The van der Waals surface area contributed by atoms with Gasteiger partial charge in [-0.3, -0.25) is 0 Å². The summed E-state index contributed by atoms with van der Waals surface area (Å²) in [6.07, 6.45) is 7.03. The Balaban J connectivity index is 2.35. The second-order valence-corrected chi connectivity index (χ2v) is 5.73. The van der Waals surface area contributed by atoms with Gasteiger partial charge in [0.05, 0.1) is 10.7 Å². The number of aromatic nitrogens is 1. The van der Waals surface area contributed by atoms with Crippen molar-refractivity contribution in [2.45, 2.75) is 25.7 Å². The van der Waals surface area contributed by atoms with Crippen molar-refractivity contribution in [1.82, 2.24) is 15.0 Å². The summed E-state index contributed by atoms with van der Waals surface area (Å²) in [6.45, 7) is 2.23. The molecule has 3 nitrogen and oxygen atoms in total. The topological polar surface area (TPSA) is 24.9 Å². The zero-order valence-electron chi connectivity index (χ0n) is 10.0. The van der Waals surface area contributed by atoms with Crippen molar-refractivity contribution in [3.8, 4) is 0 Å². The van der Waals surface area contributed by atoms with Crippen LogP contribution in [0.5, 0.6) is 0 Å². The van der Waals surface area contributed by atoms with Crippen LogP contribution in [-0.4, -0.2) is 25.1 Å². The number of nitrogens with one attached hydrogen (secondary N) is 1. The first-order chi connectivity index (χ1) is 8.18. The van der Waals surface area contributed by atoms with Crippen molar-refractivity contribution in [2.24, 2.45) is 0 Å². The molecule has 94 valence electrons. The average Bonchev–Trinajstić information content (AvgIpc) is 2.59. The van der Waals surface area contributed by atoms with Crippen LogP contribution in [0.4, 0.5) is 5.69 Å². The first kappa shape index (κ1) is 13.3. The number of pyridine rings is 1. The lowest BCUT2D eigenvalue weighted by molar-refractivity contribution is 0.216. The molecule has 2 heterocycles. The van der Waals surface area contributed by atoms with E-state index in [4.69, 9.17) is 11.6 Å². The Kier molecular flexibility index (Phi) is 4.42. The minimum Gasteiger partial charge on any atom is -0.237 e. The number of hydrogen-bond acceptors (Lipinski definition) is 2. The minimum absolute atomic E-state index is 0.526. The van der Waals surface area contributed by atoms with E-state index >= 15 is 0 Å². The Morgan fingerprint density at radius 2 is 1.94 bits per heavy atom. The summed E-state index contributed by atoms with van der Waals surface area (Å²) in [5.74, 6) is 0. The average molecular weight is 320 g/mol. The highest BCUT2D eigenvalue weighted by Gasteiger charge is 2.31. The molecule has 0 atom stereocenters. The van der Waals surface area contributed by atoms with Crippen molar-refractivity contribution in [2.75, 3.05) is 20.1 Å². The summed E-state index contributed by atoms with van der Waals surface area (Å²) < 4.78 is 1.68. The molecule has 1 fully saturated rings. The monoisotopic (exact) mass is 318 g/mol. The molecule has 0 bridgehead atoms. The fourth-order valence-electron chi connectivity index (χ4n) is 2.48. The molecule has 0 aliphatic carbocycles. The van der Waals surface area contributed by atoms with Crippen LogP contribution in [0, 0.1) is 0 Å². The molecule has 1 saturated heterocycles. The molecular formula is C12H18BrClN3+. The van der Waals surface area contributed by atoms with Gasteiger partial charge in [0.25, 0.3) is 0 Å². The van der Waals surface area contributed by atoms with Gasteiger partial charge in [-0.05, 0) is 41.6 Å². The zero-order valence-corrected chi connectivity index (χ0v) is 12.4. The van der Waals surface area contributed by atoms with E-state index in [0.29, 0.717) is 5.15 Å². The summed E-state index contributed by atoms with van der Waals surface area (Å²) in [4.78, 5) is 4.24. The van der Waals surface area contributed by atoms with E-state index in [1.807, 2.05) is 13.2 Å². The Labute approximate surface area is 116 Å². The second-order valence-electron chi connectivity index (χ2n) is 4.52. The first-order valence-corrected chi connectivity index (χ1v) is 7.23. The number of halogens is 2. The van der Waals surface area contributed by atoms with Crippen LogP contribution < -0.4 is 10.0 Å². The van der Waals surface area contributed by atoms with E-state index in [1.54, 1.807) is 0 Å². The molecule has 0 unspecified atom stereocenters. The van der Waals surface area contributed by atoms with Crippen LogP contribution in [-0.2, 0) is 0 Å². The van der Waals surface area contributed by atoms with Crippen molar-refractivity contribution >= 4 is 33.2 Å². The summed E-state index contributed by atoms with van der Waals surface area (Å²) in [6, 6.07) is 2.08. The molecule has 1 aromatic rings. The van der Waals surface area contributed by atoms with Crippen LogP contribution in [0.25, 0.3) is 0 Å². The van der Waals surface area contributed by atoms with Crippen LogP contribution in [0.1, 0.15) is 25.7 Å². The number of quaternary nitrogens is 1. The van der Waals surface area contributed by atoms with Gasteiger partial charge in [0.1, 0.15) is 18.2 Å². The van der Waals surface area contributed by atoms with E-state index in [9.17, 15) is 0 Å². The zero-order chi connectivity index (χ0) is 12.3. The fraction of sp³-hybridized carbons (Fsp3) is 0.583. The molecule has 0 spiro atoms. The summed E-state index contributed by atoms with van der Waals surface area (Å²) in [5, 5.41) is 0.526. The quantitative estimate of drug-likeness (QED) is 0.666. The van der Waals surface area contributed by atoms with Crippen LogP contribution >= 0.6 is 27.5 Å². The Bertz CT molecular complexity index is 389. The largest absolute Gasteiger partial charge is 0.237 e.